The summed E-state index contributed by atoms with van der Waals surface area (Å²) >= 11 is 1.55. The molecule has 0 fully saturated rings. The van der Waals surface area contributed by atoms with Crippen molar-refractivity contribution in [3.05, 3.63) is 59.7 Å². The average molecular weight is 485 g/mol. The SMILES string of the molecule is CCC(C)N(CC(=O)O)C(=O)C(CCSC)NC(=O)OCC1c2ccccc2-c2ccccc21. The summed E-state index contributed by atoms with van der Waals surface area (Å²) in [7, 11) is 0. The second kappa shape index (κ2) is 11.9. The van der Waals surface area contributed by atoms with E-state index in [0.29, 0.717) is 18.6 Å². The van der Waals surface area contributed by atoms with E-state index in [0.717, 1.165) is 22.3 Å². The van der Waals surface area contributed by atoms with E-state index in [1.54, 1.807) is 18.7 Å². The number of thioether (sulfide) groups is 1. The number of amides is 2. The van der Waals surface area contributed by atoms with Crippen LogP contribution in [0.4, 0.5) is 4.79 Å². The summed E-state index contributed by atoms with van der Waals surface area (Å²) in [6, 6.07) is 15.0. The first kappa shape index (κ1) is 25.6. The van der Waals surface area contributed by atoms with Gasteiger partial charge in [0.15, 0.2) is 0 Å². The number of nitrogens with one attached hydrogen (secondary N) is 1. The van der Waals surface area contributed by atoms with E-state index in [-0.39, 0.29) is 18.6 Å². The van der Waals surface area contributed by atoms with Crippen molar-refractivity contribution in [2.45, 2.75) is 44.7 Å². The minimum absolute atomic E-state index is 0.0814. The molecule has 8 heteroatoms. The van der Waals surface area contributed by atoms with Gasteiger partial charge in [-0.25, -0.2) is 4.79 Å². The molecule has 2 aromatic rings. The summed E-state index contributed by atoms with van der Waals surface area (Å²) in [4.78, 5) is 38.6. The van der Waals surface area contributed by atoms with Crippen LogP contribution in [0.2, 0.25) is 0 Å². The quantitative estimate of drug-likeness (QED) is 0.492. The molecule has 2 unspecified atom stereocenters. The van der Waals surface area contributed by atoms with Gasteiger partial charge in [-0.05, 0) is 54.0 Å². The van der Waals surface area contributed by atoms with Gasteiger partial charge in [-0.1, -0.05) is 55.5 Å². The molecule has 0 spiro atoms. The van der Waals surface area contributed by atoms with Crippen molar-refractivity contribution in [3.63, 3.8) is 0 Å². The maximum Gasteiger partial charge on any atom is 0.407 e. The van der Waals surface area contributed by atoms with Gasteiger partial charge < -0.3 is 20.1 Å². The van der Waals surface area contributed by atoms with E-state index in [1.165, 1.54) is 4.90 Å². The molecule has 2 amide bonds. The number of benzene rings is 2. The first-order valence-corrected chi connectivity index (χ1v) is 12.9. The predicted molar refractivity (Wildman–Crippen MR) is 134 cm³/mol. The van der Waals surface area contributed by atoms with Crippen LogP contribution >= 0.6 is 11.8 Å². The van der Waals surface area contributed by atoms with Crippen LogP contribution in [-0.2, 0) is 14.3 Å². The minimum Gasteiger partial charge on any atom is -0.480 e. The van der Waals surface area contributed by atoms with Crippen LogP contribution in [0.15, 0.2) is 48.5 Å². The van der Waals surface area contributed by atoms with Gasteiger partial charge >= 0.3 is 12.1 Å². The van der Waals surface area contributed by atoms with Gasteiger partial charge in [0.2, 0.25) is 5.91 Å². The molecule has 0 saturated carbocycles. The molecule has 0 heterocycles. The van der Waals surface area contributed by atoms with E-state index >= 15 is 0 Å². The number of fused-ring (bicyclic) bond motifs is 3. The number of carboxylic acid groups (broad SMARTS) is 1. The molecular weight excluding hydrogens is 452 g/mol. The smallest absolute Gasteiger partial charge is 0.407 e. The Balaban J connectivity index is 1.70. The van der Waals surface area contributed by atoms with Crippen LogP contribution in [0.3, 0.4) is 0 Å². The number of hydrogen-bond donors (Lipinski definition) is 2. The largest absolute Gasteiger partial charge is 0.480 e. The zero-order valence-corrected chi connectivity index (χ0v) is 20.6. The Morgan fingerprint density at radius 1 is 1.09 bits per heavy atom. The lowest BCUT2D eigenvalue weighted by molar-refractivity contribution is -0.147. The monoisotopic (exact) mass is 484 g/mol. The molecule has 34 heavy (non-hydrogen) atoms. The van der Waals surface area contributed by atoms with Gasteiger partial charge in [0.1, 0.15) is 19.2 Å². The van der Waals surface area contributed by atoms with E-state index in [9.17, 15) is 19.5 Å². The van der Waals surface area contributed by atoms with Gasteiger partial charge in [-0.2, -0.15) is 11.8 Å². The number of hydrogen-bond acceptors (Lipinski definition) is 5. The Bertz CT molecular complexity index is 982. The van der Waals surface area contributed by atoms with Crippen molar-refractivity contribution in [2.24, 2.45) is 0 Å². The predicted octanol–water partition coefficient (Wildman–Crippen LogP) is 4.36. The third-order valence-corrected chi connectivity index (χ3v) is 6.90. The summed E-state index contributed by atoms with van der Waals surface area (Å²) in [6.45, 7) is 3.44. The molecule has 0 aromatic heterocycles. The molecule has 182 valence electrons. The lowest BCUT2D eigenvalue weighted by atomic mass is 9.98. The Hall–Kier alpha value is -3.00. The number of carboxylic acids is 1. The molecule has 2 atom stereocenters. The zero-order chi connectivity index (χ0) is 24.7. The average Bonchev–Trinajstić information content (AvgIpc) is 3.16. The van der Waals surface area contributed by atoms with Crippen LogP contribution in [0, 0.1) is 0 Å². The Labute approximate surface area is 204 Å². The second-order valence-electron chi connectivity index (χ2n) is 8.42. The van der Waals surface area contributed by atoms with Crippen molar-refractivity contribution in [2.75, 3.05) is 25.2 Å². The fourth-order valence-electron chi connectivity index (χ4n) is 4.29. The van der Waals surface area contributed by atoms with Crippen LogP contribution in [-0.4, -0.2) is 65.2 Å². The number of aliphatic carboxylic acids is 1. The van der Waals surface area contributed by atoms with Gasteiger partial charge in [0.25, 0.3) is 0 Å². The van der Waals surface area contributed by atoms with Crippen molar-refractivity contribution in [1.82, 2.24) is 10.2 Å². The fraction of sp³-hybridized carbons (Fsp3) is 0.423. The van der Waals surface area contributed by atoms with E-state index < -0.39 is 30.6 Å². The van der Waals surface area contributed by atoms with E-state index in [4.69, 9.17) is 4.74 Å². The van der Waals surface area contributed by atoms with Gasteiger partial charge in [-0.3, -0.25) is 9.59 Å². The molecule has 0 saturated heterocycles. The summed E-state index contributed by atoms with van der Waals surface area (Å²) in [5.74, 6) is -0.929. The highest BCUT2D eigenvalue weighted by Gasteiger charge is 2.32. The molecule has 0 radical (unpaired) electrons. The maximum absolute atomic E-state index is 13.2. The zero-order valence-electron chi connectivity index (χ0n) is 19.8. The lowest BCUT2D eigenvalue weighted by Crippen LogP contribution is -2.53. The summed E-state index contributed by atoms with van der Waals surface area (Å²) < 4.78 is 5.60. The van der Waals surface area contributed by atoms with Crippen LogP contribution in [0.25, 0.3) is 11.1 Å². The topological polar surface area (TPSA) is 95.9 Å². The van der Waals surface area contributed by atoms with Crippen LogP contribution < -0.4 is 5.32 Å². The lowest BCUT2D eigenvalue weighted by Gasteiger charge is -2.31. The van der Waals surface area contributed by atoms with Gasteiger partial charge in [-0.15, -0.1) is 0 Å². The van der Waals surface area contributed by atoms with E-state index in [2.05, 4.69) is 17.4 Å². The van der Waals surface area contributed by atoms with E-state index in [1.807, 2.05) is 49.6 Å². The number of nitrogens with zero attached hydrogens (tertiary/aromatic N) is 1. The van der Waals surface area contributed by atoms with Gasteiger partial charge in [0.05, 0.1) is 0 Å². The minimum atomic E-state index is -1.08. The second-order valence-corrected chi connectivity index (χ2v) is 9.41. The first-order chi connectivity index (χ1) is 16.4. The standard InChI is InChI=1S/C26H32N2O5S/c1-4-17(2)28(15-24(29)30)25(31)23(13-14-34-3)27-26(32)33-16-22-20-11-7-5-9-18(20)19-10-6-8-12-21(19)22/h5-12,17,22-23H,4,13-16H2,1-3H3,(H,27,32)(H,29,30). The molecule has 2 aromatic carbocycles. The van der Waals surface area contributed by atoms with Crippen molar-refractivity contribution in [1.29, 1.82) is 0 Å². The molecule has 1 aliphatic rings. The molecule has 2 N–H and O–H groups in total. The van der Waals surface area contributed by atoms with Crippen LogP contribution in [0.5, 0.6) is 0 Å². The van der Waals surface area contributed by atoms with Crippen molar-refractivity contribution in [3.8, 4) is 11.1 Å². The summed E-state index contributed by atoms with van der Waals surface area (Å²) in [5.41, 5.74) is 4.49. The number of rotatable bonds is 11. The normalized spacial score (nSPS) is 14.0. The number of alkyl carbamates (subject to hydrolysis) is 1. The van der Waals surface area contributed by atoms with Gasteiger partial charge in [0, 0.05) is 12.0 Å². The third kappa shape index (κ3) is 5.91. The Morgan fingerprint density at radius 2 is 1.68 bits per heavy atom. The molecule has 0 aliphatic heterocycles. The van der Waals surface area contributed by atoms with Crippen LogP contribution in [0.1, 0.15) is 43.7 Å². The molecule has 0 bridgehead atoms. The highest BCUT2D eigenvalue weighted by molar-refractivity contribution is 7.98. The summed E-state index contributed by atoms with van der Waals surface area (Å²) in [5, 5.41) is 12.0. The number of ether oxygens (including phenoxy) is 1. The molecule has 3 rings (SSSR count). The van der Waals surface area contributed by atoms with Crippen molar-refractivity contribution < 1.29 is 24.2 Å². The highest BCUT2D eigenvalue weighted by atomic mass is 32.2. The Kier molecular flexibility index (Phi) is 8.98. The molecular formula is C26H32N2O5S. The molecule has 7 nitrogen and oxygen atoms in total. The summed E-state index contributed by atoms with van der Waals surface area (Å²) in [6.07, 6.45) is 2.23. The maximum atomic E-state index is 13.2. The highest BCUT2D eigenvalue weighted by Crippen LogP contribution is 2.44. The van der Waals surface area contributed by atoms with Crippen molar-refractivity contribution >= 4 is 29.7 Å². The number of carbonyl (C=O) groups is 3. The molecule has 1 aliphatic carbocycles. The first-order valence-electron chi connectivity index (χ1n) is 11.5. The third-order valence-electron chi connectivity index (χ3n) is 6.26. The number of carbonyl (C=O) groups excluding carboxylic acids is 2. The Morgan fingerprint density at radius 3 is 2.21 bits per heavy atom. The fourth-order valence-corrected chi connectivity index (χ4v) is 4.76.